The lowest BCUT2D eigenvalue weighted by Crippen LogP contribution is -2.32. The molecule has 19 heavy (non-hydrogen) atoms. The largest absolute Gasteiger partial charge is 0.389 e. The van der Waals surface area contributed by atoms with E-state index in [1.807, 2.05) is 11.7 Å². The van der Waals surface area contributed by atoms with Gasteiger partial charge in [-0.2, -0.15) is 5.10 Å². The number of nitrogens with zero attached hydrogens (tertiary/aromatic N) is 3. The number of aliphatic hydroxyl groups excluding tert-OH is 1. The average molecular weight is 334 g/mol. The third kappa shape index (κ3) is 4.56. The molecule has 110 valence electrons. The summed E-state index contributed by atoms with van der Waals surface area (Å²) in [6.45, 7) is 6.73. The Hall–Kier alpha value is -0.430. The molecule has 1 N–H and O–H groups in total. The molecule has 0 saturated heterocycles. The van der Waals surface area contributed by atoms with E-state index in [0.717, 1.165) is 35.4 Å². The number of aromatic nitrogens is 2. The van der Waals surface area contributed by atoms with E-state index in [0.29, 0.717) is 13.2 Å². The Morgan fingerprint density at radius 2 is 2.16 bits per heavy atom. The van der Waals surface area contributed by atoms with Crippen molar-refractivity contribution >= 4 is 15.9 Å². The van der Waals surface area contributed by atoms with Gasteiger partial charge in [-0.1, -0.05) is 6.92 Å². The maximum Gasteiger partial charge on any atom is 0.0900 e. The molecule has 0 amide bonds. The van der Waals surface area contributed by atoms with Crippen molar-refractivity contribution in [3.8, 4) is 0 Å². The maximum absolute atomic E-state index is 9.74. The Kier molecular flexibility index (Phi) is 6.99. The molecule has 0 aliphatic carbocycles. The van der Waals surface area contributed by atoms with Crippen molar-refractivity contribution in [2.45, 2.75) is 39.5 Å². The minimum atomic E-state index is -0.461. The Balaban J connectivity index is 2.72. The van der Waals surface area contributed by atoms with Gasteiger partial charge in [-0.15, -0.1) is 0 Å². The molecular formula is C13H24BrN3O2. The van der Waals surface area contributed by atoms with Gasteiger partial charge in [0.1, 0.15) is 0 Å². The van der Waals surface area contributed by atoms with Gasteiger partial charge >= 0.3 is 0 Å². The van der Waals surface area contributed by atoms with Gasteiger partial charge in [0.2, 0.25) is 0 Å². The number of hydrogen-bond acceptors (Lipinski definition) is 4. The predicted molar refractivity (Wildman–Crippen MR) is 79.2 cm³/mol. The first-order valence-electron chi connectivity index (χ1n) is 6.63. The van der Waals surface area contributed by atoms with Crippen LogP contribution in [0.5, 0.6) is 0 Å². The summed E-state index contributed by atoms with van der Waals surface area (Å²) >= 11 is 3.63. The van der Waals surface area contributed by atoms with Gasteiger partial charge in [-0.3, -0.25) is 9.58 Å². The molecule has 0 saturated carbocycles. The maximum atomic E-state index is 9.74. The quantitative estimate of drug-likeness (QED) is 0.786. The molecule has 0 aliphatic heterocycles. The van der Waals surface area contributed by atoms with Crippen molar-refractivity contribution in [1.29, 1.82) is 0 Å². The van der Waals surface area contributed by atoms with Crippen LogP contribution in [-0.2, 0) is 24.2 Å². The zero-order valence-electron chi connectivity index (χ0n) is 12.2. The van der Waals surface area contributed by atoms with Crippen LogP contribution in [0.2, 0.25) is 0 Å². The molecule has 1 aromatic rings. The molecule has 5 nitrogen and oxygen atoms in total. The van der Waals surface area contributed by atoms with Crippen LogP contribution in [0.4, 0.5) is 0 Å². The zero-order valence-corrected chi connectivity index (χ0v) is 13.8. The number of aliphatic hydroxyl groups is 1. The van der Waals surface area contributed by atoms with Crippen LogP contribution in [0.3, 0.4) is 0 Å². The molecule has 0 aliphatic rings. The highest BCUT2D eigenvalue weighted by molar-refractivity contribution is 9.10. The Morgan fingerprint density at radius 3 is 2.68 bits per heavy atom. The van der Waals surface area contributed by atoms with E-state index in [4.69, 9.17) is 4.74 Å². The third-order valence-corrected chi connectivity index (χ3v) is 3.91. The number of halogens is 1. The van der Waals surface area contributed by atoms with Crippen molar-refractivity contribution in [3.05, 3.63) is 15.9 Å². The minimum Gasteiger partial charge on any atom is -0.389 e. The molecule has 1 unspecified atom stereocenters. The summed E-state index contributed by atoms with van der Waals surface area (Å²) in [4.78, 5) is 2.08. The summed E-state index contributed by atoms with van der Waals surface area (Å²) in [7, 11) is 3.59. The van der Waals surface area contributed by atoms with Gasteiger partial charge in [0.15, 0.2) is 0 Å². The van der Waals surface area contributed by atoms with Crippen LogP contribution in [0.25, 0.3) is 0 Å². The summed E-state index contributed by atoms with van der Waals surface area (Å²) in [5.74, 6) is 0. The minimum absolute atomic E-state index is 0.360. The first kappa shape index (κ1) is 16.6. The Labute approximate surface area is 123 Å². The van der Waals surface area contributed by atoms with E-state index < -0.39 is 6.10 Å². The van der Waals surface area contributed by atoms with E-state index in [2.05, 4.69) is 39.8 Å². The summed E-state index contributed by atoms with van der Waals surface area (Å²) in [5.41, 5.74) is 2.24. The number of aryl methyl sites for hydroxylation is 2. The Bertz CT molecular complexity index is 395. The second kappa shape index (κ2) is 7.99. The van der Waals surface area contributed by atoms with Crippen LogP contribution in [0.1, 0.15) is 25.2 Å². The molecule has 0 fully saturated rings. The lowest BCUT2D eigenvalue weighted by molar-refractivity contribution is 0.0414. The van der Waals surface area contributed by atoms with E-state index in [-0.39, 0.29) is 0 Å². The normalized spacial score (nSPS) is 13.2. The van der Waals surface area contributed by atoms with Gasteiger partial charge in [0.25, 0.3) is 0 Å². The van der Waals surface area contributed by atoms with Gasteiger partial charge < -0.3 is 9.84 Å². The molecule has 0 bridgehead atoms. The number of ether oxygens (including phenoxy) is 1. The fraction of sp³-hybridized carbons (Fsp3) is 0.769. The third-order valence-electron chi connectivity index (χ3n) is 3.00. The van der Waals surface area contributed by atoms with E-state index in [1.54, 1.807) is 7.11 Å². The lowest BCUT2D eigenvalue weighted by atomic mass is 10.3. The van der Waals surface area contributed by atoms with Crippen LogP contribution >= 0.6 is 15.9 Å². The van der Waals surface area contributed by atoms with Crippen LogP contribution < -0.4 is 0 Å². The highest BCUT2D eigenvalue weighted by Crippen LogP contribution is 2.23. The molecule has 6 heteroatoms. The Morgan fingerprint density at radius 1 is 1.47 bits per heavy atom. The van der Waals surface area contributed by atoms with Crippen LogP contribution in [0, 0.1) is 0 Å². The zero-order chi connectivity index (χ0) is 14.4. The highest BCUT2D eigenvalue weighted by Gasteiger charge is 2.16. The van der Waals surface area contributed by atoms with Crippen LogP contribution in [-0.4, -0.2) is 53.2 Å². The van der Waals surface area contributed by atoms with Gasteiger partial charge in [-0.05, 0) is 36.3 Å². The fourth-order valence-corrected chi connectivity index (χ4v) is 2.78. The topological polar surface area (TPSA) is 50.5 Å². The highest BCUT2D eigenvalue weighted by atomic mass is 79.9. The van der Waals surface area contributed by atoms with Gasteiger partial charge in [0.05, 0.1) is 28.6 Å². The molecule has 1 atom stereocenters. The smallest absolute Gasteiger partial charge is 0.0900 e. The SMILES string of the molecule is CCc1nn(CC)c(CN(C)CC(O)COC)c1Br. The molecule has 0 spiro atoms. The molecule has 1 aromatic heterocycles. The lowest BCUT2D eigenvalue weighted by Gasteiger charge is -2.20. The van der Waals surface area contributed by atoms with Gasteiger partial charge in [-0.25, -0.2) is 0 Å². The monoisotopic (exact) mass is 333 g/mol. The average Bonchev–Trinajstić information content (AvgIpc) is 2.66. The summed E-state index contributed by atoms with van der Waals surface area (Å²) < 4.78 is 8.05. The summed E-state index contributed by atoms with van der Waals surface area (Å²) in [5, 5.41) is 14.3. The standard InChI is InChI=1S/C13H24BrN3O2/c1-5-11-13(14)12(17(6-2)15-11)8-16(3)7-10(18)9-19-4/h10,18H,5-9H2,1-4H3. The predicted octanol–water partition coefficient (Wildman–Crippen LogP) is 1.67. The fourth-order valence-electron chi connectivity index (χ4n) is 2.09. The second-order valence-corrected chi connectivity index (χ2v) is 5.48. The summed E-state index contributed by atoms with van der Waals surface area (Å²) in [6.07, 6.45) is 0.453. The first-order chi connectivity index (χ1) is 9.03. The molecule has 1 heterocycles. The summed E-state index contributed by atoms with van der Waals surface area (Å²) in [6, 6.07) is 0. The number of hydrogen-bond donors (Lipinski definition) is 1. The van der Waals surface area contributed by atoms with Crippen molar-refractivity contribution in [2.75, 3.05) is 27.3 Å². The number of likely N-dealkylation sites (N-methyl/N-ethyl adjacent to an activating group) is 1. The van der Waals surface area contributed by atoms with Crippen molar-refractivity contribution in [3.63, 3.8) is 0 Å². The first-order valence-corrected chi connectivity index (χ1v) is 7.42. The van der Waals surface area contributed by atoms with Crippen LogP contribution in [0.15, 0.2) is 4.47 Å². The number of methoxy groups -OCH3 is 1. The second-order valence-electron chi connectivity index (χ2n) is 4.68. The van der Waals surface area contributed by atoms with E-state index in [1.165, 1.54) is 0 Å². The molecule has 0 aromatic carbocycles. The van der Waals surface area contributed by atoms with Crippen molar-refractivity contribution in [1.82, 2.24) is 14.7 Å². The van der Waals surface area contributed by atoms with E-state index >= 15 is 0 Å². The number of rotatable bonds is 8. The van der Waals surface area contributed by atoms with Crippen molar-refractivity contribution in [2.24, 2.45) is 0 Å². The molecule has 0 radical (unpaired) electrons. The van der Waals surface area contributed by atoms with Gasteiger partial charge in [0, 0.05) is 26.7 Å². The van der Waals surface area contributed by atoms with Crippen molar-refractivity contribution < 1.29 is 9.84 Å². The molecular weight excluding hydrogens is 310 g/mol. The van der Waals surface area contributed by atoms with E-state index in [9.17, 15) is 5.11 Å². The molecule has 1 rings (SSSR count).